The van der Waals surface area contributed by atoms with Gasteiger partial charge in [0.15, 0.2) is 0 Å². The van der Waals surface area contributed by atoms with Crippen molar-refractivity contribution in [3.8, 4) is 0 Å². The molecular weight excluding hydrogens is 364 g/mol. The second-order valence-corrected chi connectivity index (χ2v) is 24.4. The largest absolute Gasteiger partial charge is 0.417 e. The van der Waals surface area contributed by atoms with E-state index in [1.165, 1.54) is 0 Å². The highest BCUT2D eigenvalue weighted by Crippen LogP contribution is 2.27. The molecule has 5 nitrogen and oxygen atoms in total. The van der Waals surface area contributed by atoms with E-state index in [1.807, 2.05) is 26.2 Å². The number of halogens is 1. The van der Waals surface area contributed by atoms with Crippen LogP contribution in [0.5, 0.6) is 0 Å². The van der Waals surface area contributed by atoms with Gasteiger partial charge < -0.3 is 20.6 Å². The van der Waals surface area contributed by atoms with E-state index in [1.54, 1.807) is 0 Å². The van der Waals surface area contributed by atoms with Crippen LogP contribution in [-0.2, 0) is 20.6 Å². The van der Waals surface area contributed by atoms with Crippen molar-refractivity contribution < 1.29 is 20.6 Å². The monoisotopic (exact) mass is 390 g/mol. The molecule has 0 N–H and O–H groups in total. The highest BCUT2D eigenvalue weighted by molar-refractivity contribution is 6.91. The first-order valence-corrected chi connectivity index (χ1v) is 20.3. The molecule has 0 saturated carbocycles. The third kappa shape index (κ3) is 6.52. The van der Waals surface area contributed by atoms with E-state index in [4.69, 9.17) is 32.2 Å². The first kappa shape index (κ1) is 19.2. The Morgan fingerprint density at radius 3 is 1.25 bits per heavy atom. The molecule has 0 unspecified atom stereocenters. The van der Waals surface area contributed by atoms with Crippen LogP contribution < -0.4 is 0 Å². The Morgan fingerprint density at radius 2 is 0.950 bits per heavy atom. The van der Waals surface area contributed by atoms with E-state index in [2.05, 4.69) is 26.2 Å². The van der Waals surface area contributed by atoms with Gasteiger partial charge in [0.05, 0.1) is 5.50 Å². The van der Waals surface area contributed by atoms with Crippen LogP contribution in [0.3, 0.4) is 0 Å². The predicted octanol–water partition coefficient (Wildman–Crippen LogP) is 2.89. The quantitative estimate of drug-likeness (QED) is 0.508. The van der Waals surface area contributed by atoms with Crippen molar-refractivity contribution in [2.45, 2.75) is 52.4 Å². The molecular formula is C9H27ClO5Si5. The van der Waals surface area contributed by atoms with Gasteiger partial charge in [0.1, 0.15) is 0 Å². The summed E-state index contributed by atoms with van der Waals surface area (Å²) in [4.78, 5) is 0. The molecule has 0 bridgehead atoms. The Kier molecular flexibility index (Phi) is 6.10. The molecule has 11 heteroatoms. The summed E-state index contributed by atoms with van der Waals surface area (Å²) in [6, 6.07) is 0. The SMILES string of the molecule is C[Si]1(C)O[SiH](CCl)O[Si](C)(C)O[Si](C)(C)O[Si](C)(C)O1. The molecule has 0 aliphatic carbocycles. The molecule has 1 fully saturated rings. The first-order chi connectivity index (χ1) is 8.76. The topological polar surface area (TPSA) is 46.2 Å². The minimum atomic E-state index is -2.29. The molecule has 0 aromatic carbocycles. The molecule has 0 aromatic rings. The summed E-state index contributed by atoms with van der Waals surface area (Å²) in [6.07, 6.45) is 0. The summed E-state index contributed by atoms with van der Waals surface area (Å²) in [6.45, 7) is 16.3. The van der Waals surface area contributed by atoms with E-state index >= 15 is 0 Å². The minimum Gasteiger partial charge on any atom is -0.417 e. The lowest BCUT2D eigenvalue weighted by molar-refractivity contribution is 0.249. The van der Waals surface area contributed by atoms with E-state index in [-0.39, 0.29) is 0 Å². The number of rotatable bonds is 1. The molecule has 1 aliphatic heterocycles. The van der Waals surface area contributed by atoms with Gasteiger partial charge in [-0.15, -0.1) is 11.6 Å². The lowest BCUT2D eigenvalue weighted by atomic mass is 11.9. The smallest absolute Gasteiger partial charge is 0.319 e. The summed E-state index contributed by atoms with van der Waals surface area (Å²) in [5, 5.41) is 0. The molecule has 1 aliphatic rings. The molecule has 1 saturated heterocycles. The van der Waals surface area contributed by atoms with Crippen LogP contribution in [0.2, 0.25) is 52.4 Å². The maximum atomic E-state index is 6.27. The van der Waals surface area contributed by atoms with Crippen LogP contribution in [0.25, 0.3) is 0 Å². The molecule has 1 rings (SSSR count). The molecule has 1 heterocycles. The Morgan fingerprint density at radius 1 is 0.650 bits per heavy atom. The lowest BCUT2D eigenvalue weighted by Crippen LogP contribution is -2.62. The van der Waals surface area contributed by atoms with Crippen LogP contribution in [0.4, 0.5) is 0 Å². The first-order valence-electron chi connectivity index (χ1n) is 6.78. The van der Waals surface area contributed by atoms with Crippen LogP contribution in [0.1, 0.15) is 0 Å². The van der Waals surface area contributed by atoms with Gasteiger partial charge in [-0.25, -0.2) is 0 Å². The van der Waals surface area contributed by atoms with Crippen molar-refractivity contribution in [2.75, 3.05) is 5.50 Å². The van der Waals surface area contributed by atoms with E-state index in [0.29, 0.717) is 5.50 Å². The summed E-state index contributed by atoms with van der Waals surface area (Å²) < 4.78 is 31.0. The number of hydrogen-bond donors (Lipinski definition) is 0. The normalized spacial score (nSPS) is 29.9. The van der Waals surface area contributed by atoms with Gasteiger partial charge in [-0.2, -0.15) is 0 Å². The summed E-state index contributed by atoms with van der Waals surface area (Å²) in [5.74, 6) is 0. The molecule has 0 spiro atoms. The van der Waals surface area contributed by atoms with Gasteiger partial charge in [0.25, 0.3) is 0 Å². The fourth-order valence-electron chi connectivity index (χ4n) is 2.59. The molecule has 0 amide bonds. The summed E-state index contributed by atoms with van der Waals surface area (Å²) >= 11 is 6.03. The average molecular weight is 391 g/mol. The molecule has 20 heavy (non-hydrogen) atoms. The molecule has 0 radical (unpaired) electrons. The predicted molar refractivity (Wildman–Crippen MR) is 93.2 cm³/mol. The van der Waals surface area contributed by atoms with Crippen LogP contribution in [-0.4, -0.2) is 49.0 Å². The molecule has 0 aromatic heterocycles. The fraction of sp³-hybridized carbons (Fsp3) is 1.00. The second kappa shape index (κ2) is 6.35. The maximum absolute atomic E-state index is 6.27. The third-order valence-electron chi connectivity index (χ3n) is 2.43. The second-order valence-electron chi connectivity index (χ2n) is 6.73. The third-order valence-corrected chi connectivity index (χ3v) is 21.9. The zero-order valence-electron chi connectivity index (χ0n) is 13.7. The van der Waals surface area contributed by atoms with E-state index in [0.717, 1.165) is 0 Å². The Bertz CT molecular complexity index is 322. The van der Waals surface area contributed by atoms with Crippen LogP contribution >= 0.6 is 11.6 Å². The Balaban J connectivity index is 3.08. The van der Waals surface area contributed by atoms with Gasteiger partial charge in [-0.05, 0) is 52.4 Å². The van der Waals surface area contributed by atoms with Crippen molar-refractivity contribution in [1.29, 1.82) is 0 Å². The number of alkyl halides is 1. The fourth-order valence-corrected chi connectivity index (χ4v) is 26.5. The van der Waals surface area contributed by atoms with Gasteiger partial charge in [0, 0.05) is 0 Å². The van der Waals surface area contributed by atoms with Gasteiger partial charge in [-0.1, -0.05) is 0 Å². The van der Waals surface area contributed by atoms with Crippen molar-refractivity contribution in [1.82, 2.24) is 0 Å². The van der Waals surface area contributed by atoms with Crippen molar-refractivity contribution in [2.24, 2.45) is 0 Å². The lowest BCUT2D eigenvalue weighted by Gasteiger charge is -2.44. The van der Waals surface area contributed by atoms with E-state index in [9.17, 15) is 0 Å². The Hall–Kier alpha value is 1.17. The van der Waals surface area contributed by atoms with Gasteiger partial charge in [-0.3, -0.25) is 0 Å². The van der Waals surface area contributed by atoms with Crippen LogP contribution in [0.15, 0.2) is 0 Å². The zero-order valence-corrected chi connectivity index (χ0v) is 19.6. The summed E-state index contributed by atoms with van der Waals surface area (Å²) in [7, 11) is -11.1. The van der Waals surface area contributed by atoms with Crippen molar-refractivity contribution in [3.05, 3.63) is 0 Å². The van der Waals surface area contributed by atoms with Crippen LogP contribution in [0, 0.1) is 0 Å². The van der Waals surface area contributed by atoms with E-state index < -0.39 is 43.5 Å². The zero-order chi connectivity index (χ0) is 15.8. The highest BCUT2D eigenvalue weighted by Gasteiger charge is 2.48. The Labute approximate surface area is 133 Å². The van der Waals surface area contributed by atoms with Crippen molar-refractivity contribution in [3.63, 3.8) is 0 Å². The highest BCUT2D eigenvalue weighted by atomic mass is 35.5. The molecule has 0 atom stereocenters. The van der Waals surface area contributed by atoms with Gasteiger partial charge in [0.2, 0.25) is 0 Å². The summed E-state index contributed by atoms with van der Waals surface area (Å²) in [5.41, 5.74) is 0.407. The average Bonchev–Trinajstić information content (AvgIpc) is 2.07. The van der Waals surface area contributed by atoms with Crippen molar-refractivity contribution >= 4 is 55.1 Å². The van der Waals surface area contributed by atoms with Gasteiger partial charge >= 0.3 is 43.5 Å². The standard InChI is InChI=1S/C9H27ClO5Si5/c1-17(2)11-16(9-10)12-18(3,4)14-20(7,8)15-19(5,6)13-17/h16H,9H2,1-8H3. The number of hydrogen-bond acceptors (Lipinski definition) is 5. The molecule has 120 valence electrons. The minimum absolute atomic E-state index is 0.407. The maximum Gasteiger partial charge on any atom is 0.319 e.